The van der Waals surface area contributed by atoms with Crippen molar-refractivity contribution in [3.63, 3.8) is 0 Å². The largest absolute Gasteiger partial charge is 0.393 e. The molecular weight excluding hydrogens is 147 g/mol. The molecule has 3 N–H and O–H groups in total. The summed E-state index contributed by atoms with van der Waals surface area (Å²) >= 11 is 0. The Morgan fingerprint density at radius 3 is 2.27 bits per heavy atom. The molecule has 0 unspecified atom stereocenters. The predicted molar refractivity (Wildman–Crippen MR) is 40.6 cm³/mol. The van der Waals surface area contributed by atoms with Gasteiger partial charge in [-0.15, -0.1) is 0 Å². The summed E-state index contributed by atoms with van der Waals surface area (Å²) in [5.74, 6) is -2.24. The molecule has 1 heterocycles. The van der Waals surface area contributed by atoms with E-state index < -0.39 is 11.9 Å². The van der Waals surface area contributed by atoms with E-state index in [0.29, 0.717) is 0 Å². The van der Waals surface area contributed by atoms with Crippen molar-refractivity contribution < 1.29 is 20.1 Å². The van der Waals surface area contributed by atoms with Gasteiger partial charge in [-0.05, 0) is 0 Å². The second-order valence-electron chi connectivity index (χ2n) is 3.08. The Hall–Kier alpha value is -0.0951. The van der Waals surface area contributed by atoms with Gasteiger partial charge in [-0.3, -0.25) is 0 Å². The van der Waals surface area contributed by atoms with Gasteiger partial charge in [-0.1, -0.05) is 6.92 Å². The fraction of sp³-hybridized carbons (Fsp3) is 1.00. The van der Waals surface area contributed by atoms with Gasteiger partial charge in [-0.25, -0.2) is 0 Å². The van der Waals surface area contributed by atoms with Crippen LogP contribution in [-0.4, -0.2) is 47.7 Å². The average molecular weight is 160 g/mol. The van der Waals surface area contributed by atoms with Gasteiger partial charge in [0, 0.05) is 11.9 Å². The van der Waals surface area contributed by atoms with E-state index in [4.69, 9.17) is 9.84 Å². The van der Waals surface area contributed by atoms with Crippen LogP contribution in [0.5, 0.6) is 0 Å². The second kappa shape index (κ2) is 2.75. The van der Waals surface area contributed by atoms with Crippen molar-refractivity contribution in [3.8, 4) is 0 Å². The average Bonchev–Trinajstić information content (AvgIpc) is 2.13. The van der Waals surface area contributed by atoms with Crippen LogP contribution in [0.2, 0.25) is 0 Å². The smallest absolute Gasteiger partial charge is 0.196 e. The van der Waals surface area contributed by atoms with E-state index in [0.717, 1.165) is 0 Å². The Morgan fingerprint density at radius 2 is 2.09 bits per heavy atom. The van der Waals surface area contributed by atoms with Gasteiger partial charge < -0.3 is 20.1 Å². The lowest BCUT2D eigenvalue weighted by molar-refractivity contribution is -0.217. The quantitative estimate of drug-likeness (QED) is 0.297. The number of rotatable bonds is 1. The monoisotopic (exact) mass is 160 g/mol. The Kier molecular flexibility index (Phi) is 2.25. The molecule has 0 aliphatic carbocycles. The fourth-order valence-electron chi connectivity index (χ4n) is 1.29. The third-order valence-corrected chi connectivity index (χ3v) is 2.39. The minimum Gasteiger partial charge on any atom is -0.393 e. The number of hydrogen-bond acceptors (Lipinski definition) is 4. The molecule has 1 aliphatic rings. The van der Waals surface area contributed by atoms with Crippen molar-refractivity contribution in [1.82, 2.24) is 0 Å². The highest BCUT2D eigenvalue weighted by Gasteiger charge is 2.50. The summed E-state index contributed by atoms with van der Waals surface area (Å²) in [7, 11) is 1.75. The minimum absolute atomic E-state index is 0.220. The first-order valence-electron chi connectivity index (χ1n) is 3.71. The lowest BCUT2D eigenvalue weighted by atomic mass is 9.84. The molecule has 0 saturated carbocycles. The lowest BCUT2D eigenvalue weighted by Crippen LogP contribution is -2.44. The highest BCUT2D eigenvalue weighted by atomic mass is 16.6. The van der Waals surface area contributed by atoms with Crippen molar-refractivity contribution in [1.29, 1.82) is 0 Å². The number of aliphatic hydroxyl groups excluding tert-OH is 1. The molecule has 4 nitrogen and oxygen atoms in total. The molecule has 1 saturated heterocycles. The summed E-state index contributed by atoms with van der Waals surface area (Å²) in [4.78, 5) is 0. The van der Waals surface area contributed by atoms with Crippen LogP contribution in [0.25, 0.3) is 0 Å². The topological polar surface area (TPSA) is 69.9 Å². The summed E-state index contributed by atoms with van der Waals surface area (Å²) in [5.41, 5.74) is 0. The Labute approximate surface area is 66.2 Å². The van der Waals surface area contributed by atoms with Crippen LogP contribution in [0.4, 0.5) is 0 Å². The molecule has 0 amide bonds. The Morgan fingerprint density at radius 1 is 1.55 bits per heavy atom. The first-order chi connectivity index (χ1) is 5.00. The van der Waals surface area contributed by atoms with Gasteiger partial charge in [0.25, 0.3) is 0 Å². The molecule has 0 spiro atoms. The van der Waals surface area contributed by atoms with E-state index in [1.165, 1.54) is 0 Å². The number of ether oxygens (including phenoxy) is 1. The van der Waals surface area contributed by atoms with Crippen LogP contribution in [0.1, 0.15) is 6.92 Å². The Bertz CT molecular complexity index is 150. The van der Waals surface area contributed by atoms with Crippen LogP contribution in [0, 0.1) is 5.92 Å². The normalized spacial score (nSPS) is 42.7. The SMILES string of the molecule is B[C@@H]1O[C@H](CO)C(O)(O)[C@H]1C. The Balaban J connectivity index is 2.74. The highest BCUT2D eigenvalue weighted by Crippen LogP contribution is 2.32. The maximum atomic E-state index is 9.36. The molecule has 3 atom stereocenters. The molecule has 1 aliphatic heterocycles. The van der Waals surface area contributed by atoms with Gasteiger partial charge in [0.1, 0.15) is 14.0 Å². The van der Waals surface area contributed by atoms with E-state index in [-0.39, 0.29) is 18.5 Å². The molecule has 11 heavy (non-hydrogen) atoms. The van der Waals surface area contributed by atoms with E-state index in [2.05, 4.69) is 0 Å². The van der Waals surface area contributed by atoms with Crippen LogP contribution in [-0.2, 0) is 4.74 Å². The summed E-state index contributed by atoms with van der Waals surface area (Å²) in [6.45, 7) is 1.32. The maximum Gasteiger partial charge on any atom is 0.196 e. The maximum absolute atomic E-state index is 9.36. The molecule has 0 bridgehead atoms. The lowest BCUT2D eigenvalue weighted by Gasteiger charge is -2.24. The molecule has 1 fully saturated rings. The summed E-state index contributed by atoms with van der Waals surface area (Å²) in [6.07, 6.45) is -0.868. The van der Waals surface area contributed by atoms with Crippen molar-refractivity contribution in [2.24, 2.45) is 5.92 Å². The van der Waals surface area contributed by atoms with E-state index in [1.54, 1.807) is 14.8 Å². The standard InChI is InChI=1S/C6H13BO4/c1-3-5(7)11-4(2-8)6(3,9)10/h3-5,8-10H,2,7H2,1H3/t3-,4+,5+/m0/s1. The van der Waals surface area contributed by atoms with E-state index in [1.807, 2.05) is 0 Å². The predicted octanol–water partition coefficient (Wildman–Crippen LogP) is -2.35. The van der Waals surface area contributed by atoms with Crippen molar-refractivity contribution in [2.45, 2.75) is 24.8 Å². The van der Waals surface area contributed by atoms with Crippen LogP contribution in [0.15, 0.2) is 0 Å². The zero-order valence-corrected chi connectivity index (χ0v) is 6.69. The second-order valence-corrected chi connectivity index (χ2v) is 3.08. The van der Waals surface area contributed by atoms with Crippen molar-refractivity contribution in [2.75, 3.05) is 6.61 Å². The molecule has 0 aromatic heterocycles. The molecule has 1 rings (SSSR count). The van der Waals surface area contributed by atoms with Crippen LogP contribution >= 0.6 is 0 Å². The van der Waals surface area contributed by atoms with E-state index in [9.17, 15) is 10.2 Å². The number of aliphatic hydroxyl groups is 3. The molecule has 0 aromatic carbocycles. The molecule has 0 radical (unpaired) electrons. The van der Waals surface area contributed by atoms with Gasteiger partial charge in [-0.2, -0.15) is 0 Å². The third kappa shape index (κ3) is 1.29. The number of hydrogen-bond donors (Lipinski definition) is 3. The third-order valence-electron chi connectivity index (χ3n) is 2.39. The molecule has 64 valence electrons. The highest BCUT2D eigenvalue weighted by molar-refractivity contribution is 6.11. The zero-order valence-electron chi connectivity index (χ0n) is 6.69. The minimum atomic E-state index is -1.88. The van der Waals surface area contributed by atoms with Crippen molar-refractivity contribution >= 4 is 7.85 Å². The summed E-state index contributed by atoms with van der Waals surface area (Å²) in [5, 5.41) is 27.4. The van der Waals surface area contributed by atoms with Gasteiger partial charge in [0.05, 0.1) is 6.61 Å². The van der Waals surface area contributed by atoms with Gasteiger partial charge >= 0.3 is 0 Å². The van der Waals surface area contributed by atoms with Gasteiger partial charge in [0.2, 0.25) is 0 Å². The van der Waals surface area contributed by atoms with Crippen molar-refractivity contribution in [3.05, 3.63) is 0 Å². The van der Waals surface area contributed by atoms with E-state index >= 15 is 0 Å². The first-order valence-corrected chi connectivity index (χ1v) is 3.71. The fourth-order valence-corrected chi connectivity index (χ4v) is 1.29. The zero-order chi connectivity index (χ0) is 8.65. The summed E-state index contributed by atoms with van der Waals surface area (Å²) < 4.78 is 5.09. The van der Waals surface area contributed by atoms with Crippen LogP contribution < -0.4 is 0 Å². The van der Waals surface area contributed by atoms with Crippen LogP contribution in [0.3, 0.4) is 0 Å². The molecule has 0 aromatic rings. The van der Waals surface area contributed by atoms with Gasteiger partial charge in [0.15, 0.2) is 5.79 Å². The molecule has 5 heteroatoms. The molecular formula is C6H13BO4. The first kappa shape index (κ1) is 9.00. The summed E-state index contributed by atoms with van der Waals surface area (Å²) in [6, 6.07) is -0.220.